The molecule has 0 spiro atoms. The van der Waals surface area contributed by atoms with Crippen molar-refractivity contribution in [3.8, 4) is 0 Å². The molecule has 0 radical (unpaired) electrons. The van der Waals surface area contributed by atoms with Crippen molar-refractivity contribution in [2.45, 2.75) is 0 Å². The number of carbonyl (C=O) groups excluding carboxylic acids is 1. The summed E-state index contributed by atoms with van der Waals surface area (Å²) < 4.78 is 0. The molecule has 0 fully saturated rings. The Morgan fingerprint density at radius 3 is 2.65 bits per heavy atom. The number of hydrogen-bond acceptors (Lipinski definition) is 4. The largest absolute Gasteiger partial charge is 0.478 e. The van der Waals surface area contributed by atoms with Crippen molar-refractivity contribution in [1.82, 2.24) is 9.97 Å². The minimum Gasteiger partial charge on any atom is -0.478 e. The van der Waals surface area contributed by atoms with Crippen molar-refractivity contribution in [3.63, 3.8) is 0 Å². The van der Waals surface area contributed by atoms with E-state index in [2.05, 4.69) is 15.3 Å². The summed E-state index contributed by atoms with van der Waals surface area (Å²) in [6, 6.07) is 6.38. The Balaban J connectivity index is 1.98. The lowest BCUT2D eigenvalue weighted by atomic mass is 10.2. The Labute approximate surface area is 114 Å². The van der Waals surface area contributed by atoms with E-state index in [9.17, 15) is 9.59 Å². The lowest BCUT2D eigenvalue weighted by Crippen LogP contribution is -2.09. The summed E-state index contributed by atoms with van der Waals surface area (Å²) in [7, 11) is 0. The molecule has 0 saturated heterocycles. The number of aromatic nitrogens is 2. The van der Waals surface area contributed by atoms with E-state index in [-0.39, 0.29) is 17.3 Å². The van der Waals surface area contributed by atoms with Crippen LogP contribution >= 0.6 is 0 Å². The standard InChI is InChI=1S/C14H11N3O3/c18-13(6-3-10-2-1-7-15-8-10)17-12-5-4-11(9-16-12)14(19)20/h1-9H,(H,19,20)(H,16,17,18). The van der Waals surface area contributed by atoms with Crippen LogP contribution in [0.4, 0.5) is 5.82 Å². The zero-order valence-corrected chi connectivity index (χ0v) is 10.4. The first-order valence-corrected chi connectivity index (χ1v) is 5.73. The fourth-order valence-electron chi connectivity index (χ4n) is 1.41. The molecule has 100 valence electrons. The first-order chi connectivity index (χ1) is 9.65. The SMILES string of the molecule is O=C(C=Cc1cccnc1)Nc1ccc(C(=O)O)cn1. The zero-order chi connectivity index (χ0) is 14.4. The van der Waals surface area contributed by atoms with Crippen molar-refractivity contribution in [2.24, 2.45) is 0 Å². The second-order valence-electron chi connectivity index (χ2n) is 3.85. The Morgan fingerprint density at radius 1 is 1.20 bits per heavy atom. The first-order valence-electron chi connectivity index (χ1n) is 5.73. The van der Waals surface area contributed by atoms with Crippen LogP contribution in [0.2, 0.25) is 0 Å². The molecule has 6 nitrogen and oxygen atoms in total. The van der Waals surface area contributed by atoms with Gasteiger partial charge in [-0.05, 0) is 29.8 Å². The molecule has 20 heavy (non-hydrogen) atoms. The highest BCUT2D eigenvalue weighted by Crippen LogP contribution is 2.05. The number of rotatable bonds is 4. The third-order valence-electron chi connectivity index (χ3n) is 2.37. The molecule has 2 rings (SSSR count). The minimum absolute atomic E-state index is 0.0638. The Hall–Kier alpha value is -3.02. The van der Waals surface area contributed by atoms with E-state index in [1.165, 1.54) is 24.4 Å². The van der Waals surface area contributed by atoms with Crippen LogP contribution in [0.5, 0.6) is 0 Å². The van der Waals surface area contributed by atoms with E-state index < -0.39 is 5.97 Å². The van der Waals surface area contributed by atoms with E-state index in [1.807, 2.05) is 6.07 Å². The smallest absolute Gasteiger partial charge is 0.337 e. The number of nitrogens with zero attached hydrogens (tertiary/aromatic N) is 2. The molecular formula is C14H11N3O3. The second-order valence-corrected chi connectivity index (χ2v) is 3.85. The molecule has 2 aromatic rings. The number of anilines is 1. The van der Waals surface area contributed by atoms with E-state index in [1.54, 1.807) is 24.5 Å². The second kappa shape index (κ2) is 6.24. The van der Waals surface area contributed by atoms with Gasteiger partial charge in [0.2, 0.25) is 5.91 Å². The van der Waals surface area contributed by atoms with Crippen LogP contribution in [-0.2, 0) is 4.79 Å². The maximum Gasteiger partial charge on any atom is 0.337 e. The summed E-state index contributed by atoms with van der Waals surface area (Å²) in [6.45, 7) is 0. The molecule has 2 aromatic heterocycles. The molecule has 0 aliphatic rings. The van der Waals surface area contributed by atoms with Crippen LogP contribution in [-0.4, -0.2) is 27.0 Å². The number of carboxylic acid groups (broad SMARTS) is 1. The van der Waals surface area contributed by atoms with Crippen molar-refractivity contribution >= 4 is 23.8 Å². The highest BCUT2D eigenvalue weighted by Gasteiger charge is 2.04. The van der Waals surface area contributed by atoms with Gasteiger partial charge in [0.05, 0.1) is 5.56 Å². The quantitative estimate of drug-likeness (QED) is 0.826. The van der Waals surface area contributed by atoms with Gasteiger partial charge >= 0.3 is 5.97 Å². The highest BCUT2D eigenvalue weighted by atomic mass is 16.4. The summed E-state index contributed by atoms with van der Waals surface area (Å²) in [5.74, 6) is -1.13. The van der Waals surface area contributed by atoms with Gasteiger partial charge in [-0.3, -0.25) is 9.78 Å². The van der Waals surface area contributed by atoms with Gasteiger partial charge in [-0.15, -0.1) is 0 Å². The van der Waals surface area contributed by atoms with E-state index in [4.69, 9.17) is 5.11 Å². The summed E-state index contributed by atoms with van der Waals surface area (Å²) in [4.78, 5) is 30.0. The summed E-state index contributed by atoms with van der Waals surface area (Å²) in [5.41, 5.74) is 0.866. The van der Waals surface area contributed by atoms with Gasteiger partial charge in [-0.1, -0.05) is 6.07 Å². The number of nitrogens with one attached hydrogen (secondary N) is 1. The number of carboxylic acids is 1. The third-order valence-corrected chi connectivity index (χ3v) is 2.37. The Morgan fingerprint density at radius 2 is 2.05 bits per heavy atom. The number of pyridine rings is 2. The first kappa shape index (κ1) is 13.4. The minimum atomic E-state index is -1.06. The van der Waals surface area contributed by atoms with Gasteiger partial charge < -0.3 is 10.4 Å². The number of hydrogen-bond donors (Lipinski definition) is 2. The molecule has 0 aromatic carbocycles. The number of carbonyl (C=O) groups is 2. The van der Waals surface area contributed by atoms with E-state index in [0.29, 0.717) is 0 Å². The number of amides is 1. The summed E-state index contributed by atoms with van der Waals surface area (Å²) in [6.07, 6.45) is 7.43. The Kier molecular flexibility index (Phi) is 4.18. The zero-order valence-electron chi connectivity index (χ0n) is 10.4. The monoisotopic (exact) mass is 269 g/mol. The van der Waals surface area contributed by atoms with Crippen LogP contribution in [0, 0.1) is 0 Å². The lowest BCUT2D eigenvalue weighted by molar-refractivity contribution is -0.111. The van der Waals surface area contributed by atoms with Crippen molar-refractivity contribution in [2.75, 3.05) is 5.32 Å². The van der Waals surface area contributed by atoms with Crippen LogP contribution in [0.25, 0.3) is 6.08 Å². The normalized spacial score (nSPS) is 10.4. The molecular weight excluding hydrogens is 258 g/mol. The van der Waals surface area contributed by atoms with Crippen LogP contribution < -0.4 is 5.32 Å². The molecule has 0 unspecified atom stereocenters. The van der Waals surface area contributed by atoms with Crippen molar-refractivity contribution < 1.29 is 14.7 Å². The van der Waals surface area contributed by atoms with Gasteiger partial charge in [0.1, 0.15) is 5.82 Å². The van der Waals surface area contributed by atoms with Crippen molar-refractivity contribution in [1.29, 1.82) is 0 Å². The molecule has 2 heterocycles. The lowest BCUT2D eigenvalue weighted by Gasteiger charge is -2.01. The summed E-state index contributed by atoms with van der Waals surface area (Å²) in [5, 5.41) is 11.3. The molecule has 0 atom stereocenters. The Bertz CT molecular complexity index is 636. The predicted octanol–water partition coefficient (Wildman–Crippen LogP) is 1.83. The van der Waals surface area contributed by atoms with Crippen molar-refractivity contribution in [3.05, 3.63) is 60.1 Å². The van der Waals surface area contributed by atoms with Crippen LogP contribution in [0.15, 0.2) is 48.9 Å². The van der Waals surface area contributed by atoms with Gasteiger partial charge in [-0.25, -0.2) is 9.78 Å². The van der Waals surface area contributed by atoms with Gasteiger partial charge in [0, 0.05) is 24.7 Å². The average molecular weight is 269 g/mol. The molecule has 2 N–H and O–H groups in total. The van der Waals surface area contributed by atoms with Gasteiger partial charge in [-0.2, -0.15) is 0 Å². The molecule has 0 aliphatic carbocycles. The molecule has 0 bridgehead atoms. The molecule has 0 aliphatic heterocycles. The maximum absolute atomic E-state index is 11.6. The van der Waals surface area contributed by atoms with E-state index >= 15 is 0 Å². The molecule has 1 amide bonds. The van der Waals surface area contributed by atoms with Gasteiger partial charge in [0.15, 0.2) is 0 Å². The fourth-order valence-corrected chi connectivity index (χ4v) is 1.41. The van der Waals surface area contributed by atoms with Crippen LogP contribution in [0.1, 0.15) is 15.9 Å². The topological polar surface area (TPSA) is 92.2 Å². The highest BCUT2D eigenvalue weighted by molar-refractivity contribution is 6.01. The van der Waals surface area contributed by atoms with E-state index in [0.717, 1.165) is 5.56 Å². The van der Waals surface area contributed by atoms with Gasteiger partial charge in [0.25, 0.3) is 0 Å². The molecule has 0 saturated carbocycles. The average Bonchev–Trinajstić information content (AvgIpc) is 2.47. The third kappa shape index (κ3) is 3.74. The maximum atomic E-state index is 11.6. The summed E-state index contributed by atoms with van der Waals surface area (Å²) >= 11 is 0. The molecule has 6 heteroatoms. The fraction of sp³-hybridized carbons (Fsp3) is 0. The predicted molar refractivity (Wildman–Crippen MR) is 73.1 cm³/mol. The van der Waals surface area contributed by atoms with Crippen LogP contribution in [0.3, 0.4) is 0 Å². The number of aromatic carboxylic acids is 1.